The van der Waals surface area contributed by atoms with Crippen LogP contribution in [0.1, 0.15) is 116 Å². The number of aliphatic hydroxyl groups is 4. The monoisotopic (exact) mass is 816 g/mol. The molecule has 18 atom stereocenters. The van der Waals surface area contributed by atoms with Crippen LogP contribution in [0.15, 0.2) is 4.99 Å². The van der Waals surface area contributed by atoms with Crippen molar-refractivity contribution in [3.05, 3.63) is 0 Å². The number of rotatable bonds is 6. The number of hydrogen-bond acceptors (Lipinski definition) is 14. The number of ether oxygens (including phenoxy) is 7. The molecule has 0 aromatic rings. The molecule has 4 aliphatic heterocycles. The van der Waals surface area contributed by atoms with Gasteiger partial charge in [0, 0.05) is 39.1 Å². The summed E-state index contributed by atoms with van der Waals surface area (Å²) in [6.45, 7) is 24.4. The first kappa shape index (κ1) is 48.0. The van der Waals surface area contributed by atoms with Crippen LogP contribution in [-0.2, 0) is 38.0 Å². The Bertz CT molecular complexity index is 1380. The van der Waals surface area contributed by atoms with Crippen LogP contribution in [0, 0.1) is 17.8 Å². The summed E-state index contributed by atoms with van der Waals surface area (Å²) >= 11 is 0. The van der Waals surface area contributed by atoms with Gasteiger partial charge in [-0.2, -0.15) is 0 Å². The molecule has 0 spiro atoms. The van der Waals surface area contributed by atoms with Crippen LogP contribution in [0.5, 0.6) is 0 Å². The minimum Gasteiger partial charge on any atom is -0.459 e. The van der Waals surface area contributed by atoms with Gasteiger partial charge in [0.25, 0.3) is 6.02 Å². The molecule has 0 aromatic carbocycles. The maximum atomic E-state index is 14.4. The first-order valence-corrected chi connectivity index (χ1v) is 21.0. The number of carbonyl (C=O) groups is 1. The summed E-state index contributed by atoms with van der Waals surface area (Å²) < 4.78 is 45.0. The molecule has 15 nitrogen and oxygen atoms in total. The summed E-state index contributed by atoms with van der Waals surface area (Å²) in [6, 6.07) is -0.155. The molecule has 15 heteroatoms. The number of cyclic esters (lactones) is 1. The van der Waals surface area contributed by atoms with Crippen LogP contribution < -0.4 is 0 Å². The SMILES string of the molecule is CC[C@H]1OC(=O)[C@H](C)[C@@H](O[C@H]2C[C@@](C)(OC)[C@@H](O)[C@H](C)O2)[C@H](C)[C@@H](O[C@@H]2O[C@H](C)C[C@H]3[C@H]2OC(=NC(C)(C)C)N3C)[C@](C)(O)C[C@@H](C)CN(C)[C@H](C)[C@@H](O)[C@]1(C)O. The largest absolute Gasteiger partial charge is 0.459 e. The van der Waals surface area contributed by atoms with E-state index in [4.69, 9.17) is 38.2 Å². The quantitative estimate of drug-likeness (QED) is 0.286. The maximum Gasteiger partial charge on any atom is 0.311 e. The molecule has 0 bridgehead atoms. The van der Waals surface area contributed by atoms with Crippen molar-refractivity contribution < 1.29 is 58.4 Å². The molecule has 0 saturated carbocycles. The zero-order chi connectivity index (χ0) is 43.2. The second-order valence-corrected chi connectivity index (χ2v) is 19.5. The average Bonchev–Trinajstić information content (AvgIpc) is 3.41. The molecule has 0 aromatic heterocycles. The fourth-order valence-electron chi connectivity index (χ4n) is 9.46. The topological polar surface area (TPSA) is 181 Å². The van der Waals surface area contributed by atoms with E-state index in [-0.39, 0.29) is 37.3 Å². The highest BCUT2D eigenvalue weighted by Crippen LogP contribution is 2.41. The first-order valence-electron chi connectivity index (χ1n) is 21.0. The van der Waals surface area contributed by atoms with Crippen molar-refractivity contribution in [3.8, 4) is 0 Å². The number of methoxy groups -OCH3 is 1. The Morgan fingerprint density at radius 2 is 1.56 bits per heavy atom. The van der Waals surface area contributed by atoms with Crippen LogP contribution >= 0.6 is 0 Å². The van der Waals surface area contributed by atoms with Gasteiger partial charge in [-0.05, 0) is 101 Å². The van der Waals surface area contributed by atoms with Gasteiger partial charge in [0.2, 0.25) is 0 Å². The number of fused-ring (bicyclic) bond motifs is 1. The van der Waals surface area contributed by atoms with E-state index in [0.29, 0.717) is 19.0 Å². The molecule has 4 saturated heterocycles. The summed E-state index contributed by atoms with van der Waals surface area (Å²) in [5.41, 5.74) is -4.75. The molecule has 0 amide bonds. The first-order chi connectivity index (χ1) is 26.2. The van der Waals surface area contributed by atoms with Crippen molar-refractivity contribution in [2.24, 2.45) is 22.7 Å². The number of likely N-dealkylation sites (N-methyl/N-ethyl adjacent to an activating group) is 2. The number of amidine groups is 1. The molecule has 4 aliphatic rings. The lowest BCUT2D eigenvalue weighted by Crippen LogP contribution is -2.60. The number of hydrogen-bond donors (Lipinski definition) is 4. The van der Waals surface area contributed by atoms with Gasteiger partial charge in [0.1, 0.15) is 23.9 Å². The lowest BCUT2D eigenvalue weighted by Gasteiger charge is -2.48. The molecule has 0 radical (unpaired) electrons. The van der Waals surface area contributed by atoms with E-state index in [9.17, 15) is 25.2 Å². The van der Waals surface area contributed by atoms with Crippen molar-refractivity contribution in [1.82, 2.24) is 9.80 Å². The third-order valence-corrected chi connectivity index (χ3v) is 13.0. The maximum absolute atomic E-state index is 14.4. The van der Waals surface area contributed by atoms with Gasteiger partial charge in [0.05, 0.1) is 53.1 Å². The number of carbonyl (C=O) groups excluding carboxylic acids is 1. The molecular weight excluding hydrogens is 738 g/mol. The second kappa shape index (κ2) is 18.1. The molecule has 4 heterocycles. The Kier molecular flexibility index (Phi) is 15.3. The lowest BCUT2D eigenvalue weighted by molar-refractivity contribution is -0.313. The predicted octanol–water partition coefficient (Wildman–Crippen LogP) is 3.46. The second-order valence-electron chi connectivity index (χ2n) is 19.5. The van der Waals surface area contributed by atoms with E-state index >= 15 is 0 Å². The molecule has 0 unspecified atom stereocenters. The van der Waals surface area contributed by atoms with E-state index in [1.807, 2.05) is 72.4 Å². The minimum absolute atomic E-state index is 0.113. The minimum atomic E-state index is -1.80. The fourth-order valence-corrected chi connectivity index (χ4v) is 9.46. The van der Waals surface area contributed by atoms with Crippen molar-refractivity contribution in [1.29, 1.82) is 0 Å². The van der Waals surface area contributed by atoms with Crippen molar-refractivity contribution in [3.63, 3.8) is 0 Å². The number of aliphatic imine (C=N–C) groups is 1. The van der Waals surface area contributed by atoms with Gasteiger partial charge in [-0.15, -0.1) is 0 Å². The molecule has 4 fully saturated rings. The Morgan fingerprint density at radius 1 is 0.930 bits per heavy atom. The summed E-state index contributed by atoms with van der Waals surface area (Å²) in [7, 11) is 5.34. The van der Waals surface area contributed by atoms with E-state index in [1.165, 1.54) is 14.0 Å². The van der Waals surface area contributed by atoms with Gasteiger partial charge in [-0.25, -0.2) is 4.99 Å². The Hall–Kier alpha value is -1.66. The number of nitrogens with zero attached hydrogens (tertiary/aromatic N) is 3. The molecule has 0 aliphatic carbocycles. The van der Waals surface area contributed by atoms with Crippen LogP contribution in [0.2, 0.25) is 0 Å². The highest BCUT2D eigenvalue weighted by atomic mass is 16.7. The molecule has 4 rings (SSSR count). The zero-order valence-electron chi connectivity index (χ0n) is 37.6. The Balaban J connectivity index is 1.84. The molecule has 332 valence electrons. The smallest absolute Gasteiger partial charge is 0.311 e. The van der Waals surface area contributed by atoms with Gasteiger partial charge in [0.15, 0.2) is 18.7 Å². The highest BCUT2D eigenvalue weighted by Gasteiger charge is 2.55. The summed E-state index contributed by atoms with van der Waals surface area (Å²) in [5, 5.41) is 47.1. The van der Waals surface area contributed by atoms with E-state index in [0.717, 1.165) is 0 Å². The third kappa shape index (κ3) is 10.6. The van der Waals surface area contributed by atoms with Gasteiger partial charge in [-0.3, -0.25) is 4.79 Å². The summed E-state index contributed by atoms with van der Waals surface area (Å²) in [4.78, 5) is 23.2. The predicted molar refractivity (Wildman–Crippen MR) is 214 cm³/mol. The average molecular weight is 816 g/mol. The Morgan fingerprint density at radius 3 is 2.14 bits per heavy atom. The standard InChI is InChI=1S/C42H77N3O12/c1-17-29-42(13,50)33(46)26(6)44(14)21-22(2)19-40(11,49)35(57-37-32-28(18-23(3)52-37)45(15)38(56-32)43-39(8,9)10)24(4)31(25(5)36(48)54-29)55-30-20-41(12,51-16)34(47)27(7)53-30/h22-35,37,46-47,49-50H,17-21H2,1-16H3/t22-,23-,24+,25-,26-,27+,28+,29-,30+,31+,32-,33-,34+,35-,37+,40-,41-,42-/m1/s1. The van der Waals surface area contributed by atoms with Crippen LogP contribution in [-0.4, -0.2) is 166 Å². The number of aliphatic hydroxyl groups excluding tert-OH is 2. The van der Waals surface area contributed by atoms with E-state index in [2.05, 4.69) is 0 Å². The lowest BCUT2D eigenvalue weighted by atomic mass is 9.77. The van der Waals surface area contributed by atoms with Crippen LogP contribution in [0.3, 0.4) is 0 Å². The van der Waals surface area contributed by atoms with E-state index in [1.54, 1.807) is 34.6 Å². The molecule has 4 N–H and O–H groups in total. The van der Waals surface area contributed by atoms with Gasteiger partial charge < -0.3 is 63.4 Å². The van der Waals surface area contributed by atoms with Gasteiger partial charge >= 0.3 is 5.97 Å². The van der Waals surface area contributed by atoms with Crippen molar-refractivity contribution >= 4 is 12.0 Å². The van der Waals surface area contributed by atoms with Crippen LogP contribution in [0.25, 0.3) is 0 Å². The zero-order valence-corrected chi connectivity index (χ0v) is 37.6. The van der Waals surface area contributed by atoms with Crippen molar-refractivity contribution in [2.75, 3.05) is 27.7 Å². The van der Waals surface area contributed by atoms with Crippen molar-refractivity contribution in [2.45, 2.75) is 212 Å². The summed E-state index contributed by atoms with van der Waals surface area (Å²) in [5.74, 6) is -2.51. The third-order valence-electron chi connectivity index (χ3n) is 13.0. The Labute approximate surface area is 341 Å². The molecule has 57 heavy (non-hydrogen) atoms. The van der Waals surface area contributed by atoms with E-state index < -0.39 is 101 Å². The normalized spacial score (nSPS) is 48.1. The fraction of sp³-hybridized carbons (Fsp3) is 0.952. The number of esters is 1. The van der Waals surface area contributed by atoms with Crippen LogP contribution in [0.4, 0.5) is 0 Å². The highest BCUT2D eigenvalue weighted by molar-refractivity contribution is 5.77. The van der Waals surface area contributed by atoms with Gasteiger partial charge in [-0.1, -0.05) is 20.8 Å². The summed E-state index contributed by atoms with van der Waals surface area (Å²) in [6.07, 6.45) is -7.28. The molecular formula is C42H77N3O12.